The van der Waals surface area contributed by atoms with Crippen LogP contribution in [0.2, 0.25) is 0 Å². The molecule has 0 spiro atoms. The standard InChI is InChI=1S/C19H20N4O2S2/c1-13-6-7-17(22-21-13)25-14-8-10-23(11-9-14)18(24)12-26-19-20-15-4-2-3-5-16(15)27-19/h2-7,14H,8-12H2,1H3. The van der Waals surface area contributed by atoms with Crippen LogP contribution in [-0.2, 0) is 4.79 Å². The van der Waals surface area contributed by atoms with E-state index in [1.54, 1.807) is 11.3 Å². The number of thioether (sulfide) groups is 1. The predicted octanol–water partition coefficient (Wildman–Crippen LogP) is 3.56. The lowest BCUT2D eigenvalue weighted by Crippen LogP contribution is -2.42. The van der Waals surface area contributed by atoms with Gasteiger partial charge in [0.1, 0.15) is 6.10 Å². The number of ether oxygens (including phenoxy) is 1. The molecule has 3 heterocycles. The number of para-hydroxylation sites is 1. The lowest BCUT2D eigenvalue weighted by molar-refractivity contribution is -0.130. The number of likely N-dealkylation sites (tertiary alicyclic amines) is 1. The number of fused-ring (bicyclic) bond motifs is 1. The number of thiazole rings is 1. The first-order valence-electron chi connectivity index (χ1n) is 8.90. The second-order valence-electron chi connectivity index (χ2n) is 6.45. The van der Waals surface area contributed by atoms with Gasteiger partial charge in [0.05, 0.1) is 21.7 Å². The smallest absolute Gasteiger partial charge is 0.233 e. The third-order valence-corrected chi connectivity index (χ3v) is 6.61. The van der Waals surface area contributed by atoms with Crippen molar-refractivity contribution in [1.29, 1.82) is 0 Å². The van der Waals surface area contributed by atoms with Gasteiger partial charge in [-0.1, -0.05) is 23.9 Å². The summed E-state index contributed by atoms with van der Waals surface area (Å²) in [6.07, 6.45) is 1.71. The zero-order chi connectivity index (χ0) is 18.6. The maximum Gasteiger partial charge on any atom is 0.233 e. The van der Waals surface area contributed by atoms with Crippen molar-refractivity contribution in [3.05, 3.63) is 42.1 Å². The molecule has 1 aliphatic heterocycles. The van der Waals surface area contributed by atoms with E-state index >= 15 is 0 Å². The molecule has 0 unspecified atom stereocenters. The second kappa shape index (κ2) is 8.22. The molecule has 1 aliphatic rings. The molecule has 0 atom stereocenters. The van der Waals surface area contributed by atoms with Crippen molar-refractivity contribution in [3.63, 3.8) is 0 Å². The van der Waals surface area contributed by atoms with Crippen molar-refractivity contribution >= 4 is 39.2 Å². The summed E-state index contributed by atoms with van der Waals surface area (Å²) in [6, 6.07) is 11.8. The van der Waals surface area contributed by atoms with Gasteiger partial charge in [0.2, 0.25) is 11.8 Å². The van der Waals surface area contributed by atoms with Crippen LogP contribution in [0.1, 0.15) is 18.5 Å². The Balaban J connectivity index is 1.25. The third-order valence-electron chi connectivity index (χ3n) is 4.45. The molecular weight excluding hydrogens is 380 g/mol. The van der Waals surface area contributed by atoms with Crippen molar-refractivity contribution < 1.29 is 9.53 Å². The number of carbonyl (C=O) groups is 1. The molecule has 1 aromatic carbocycles. The fraction of sp³-hybridized carbons (Fsp3) is 0.368. The minimum absolute atomic E-state index is 0.0861. The van der Waals surface area contributed by atoms with Crippen molar-refractivity contribution in [2.24, 2.45) is 0 Å². The Labute approximate surface area is 166 Å². The van der Waals surface area contributed by atoms with Crippen LogP contribution in [0.25, 0.3) is 10.2 Å². The molecule has 2 aromatic heterocycles. The van der Waals surface area contributed by atoms with Gasteiger partial charge in [0.25, 0.3) is 0 Å². The van der Waals surface area contributed by atoms with Crippen LogP contribution >= 0.6 is 23.1 Å². The van der Waals surface area contributed by atoms with Gasteiger partial charge in [-0.15, -0.1) is 16.4 Å². The van der Waals surface area contributed by atoms with E-state index in [0.29, 0.717) is 24.7 Å². The number of hydrogen-bond donors (Lipinski definition) is 0. The number of piperidine rings is 1. The van der Waals surface area contributed by atoms with E-state index in [1.807, 2.05) is 42.2 Å². The Morgan fingerprint density at radius 1 is 1.22 bits per heavy atom. The highest BCUT2D eigenvalue weighted by Gasteiger charge is 2.24. The molecule has 27 heavy (non-hydrogen) atoms. The molecule has 140 valence electrons. The number of rotatable bonds is 5. The van der Waals surface area contributed by atoms with Crippen LogP contribution in [0.3, 0.4) is 0 Å². The van der Waals surface area contributed by atoms with Crippen LogP contribution in [0.4, 0.5) is 0 Å². The summed E-state index contributed by atoms with van der Waals surface area (Å²) in [5.41, 5.74) is 1.86. The average Bonchev–Trinajstić information content (AvgIpc) is 3.11. The van der Waals surface area contributed by atoms with Gasteiger partial charge in [0.15, 0.2) is 4.34 Å². The molecular formula is C19H20N4O2S2. The molecule has 0 saturated carbocycles. The molecule has 0 bridgehead atoms. The maximum absolute atomic E-state index is 12.5. The largest absolute Gasteiger partial charge is 0.473 e. The summed E-state index contributed by atoms with van der Waals surface area (Å²) in [7, 11) is 0. The number of aromatic nitrogens is 3. The van der Waals surface area contributed by atoms with Crippen LogP contribution in [0.5, 0.6) is 5.88 Å². The Kier molecular flexibility index (Phi) is 5.54. The molecule has 0 radical (unpaired) electrons. The monoisotopic (exact) mass is 400 g/mol. The zero-order valence-corrected chi connectivity index (χ0v) is 16.6. The number of benzene rings is 1. The number of nitrogens with zero attached hydrogens (tertiary/aromatic N) is 4. The molecule has 8 heteroatoms. The zero-order valence-electron chi connectivity index (χ0n) is 15.0. The molecule has 3 aromatic rings. The summed E-state index contributed by atoms with van der Waals surface area (Å²) in [5, 5.41) is 8.05. The highest BCUT2D eigenvalue weighted by atomic mass is 32.2. The first-order chi connectivity index (χ1) is 13.2. The summed E-state index contributed by atoms with van der Waals surface area (Å²) >= 11 is 3.16. The number of carbonyl (C=O) groups excluding carboxylic acids is 1. The molecule has 0 aliphatic carbocycles. The fourth-order valence-corrected chi connectivity index (χ4v) is 4.94. The highest BCUT2D eigenvalue weighted by Crippen LogP contribution is 2.29. The van der Waals surface area contributed by atoms with Gasteiger partial charge in [-0.05, 0) is 25.1 Å². The van der Waals surface area contributed by atoms with Gasteiger partial charge >= 0.3 is 0 Å². The van der Waals surface area contributed by atoms with Crippen molar-refractivity contribution in [1.82, 2.24) is 20.1 Å². The van der Waals surface area contributed by atoms with Crippen molar-refractivity contribution in [2.75, 3.05) is 18.8 Å². The number of aryl methyl sites for hydroxylation is 1. The van der Waals surface area contributed by atoms with Crippen molar-refractivity contribution in [3.8, 4) is 5.88 Å². The Morgan fingerprint density at radius 2 is 2.04 bits per heavy atom. The summed E-state index contributed by atoms with van der Waals surface area (Å²) < 4.78 is 7.98. The van der Waals surface area contributed by atoms with E-state index in [9.17, 15) is 4.79 Å². The quantitative estimate of drug-likeness (QED) is 0.610. The summed E-state index contributed by atoms with van der Waals surface area (Å²) in [4.78, 5) is 19.0. The van der Waals surface area contributed by atoms with Crippen LogP contribution in [0.15, 0.2) is 40.7 Å². The van der Waals surface area contributed by atoms with Gasteiger partial charge in [-0.2, -0.15) is 5.10 Å². The molecule has 1 amide bonds. The third kappa shape index (κ3) is 4.56. The predicted molar refractivity (Wildman–Crippen MR) is 107 cm³/mol. The maximum atomic E-state index is 12.5. The number of hydrogen-bond acceptors (Lipinski definition) is 7. The van der Waals surface area contributed by atoms with Gasteiger partial charge in [-0.25, -0.2) is 4.98 Å². The highest BCUT2D eigenvalue weighted by molar-refractivity contribution is 8.01. The van der Waals surface area contributed by atoms with Crippen LogP contribution in [-0.4, -0.2) is 50.9 Å². The van der Waals surface area contributed by atoms with Crippen LogP contribution < -0.4 is 4.74 Å². The molecule has 6 nitrogen and oxygen atoms in total. The van der Waals surface area contributed by atoms with E-state index in [4.69, 9.17) is 4.74 Å². The second-order valence-corrected chi connectivity index (χ2v) is 8.70. The Bertz CT molecular complexity index is 888. The fourth-order valence-electron chi connectivity index (χ4n) is 2.97. The van der Waals surface area contributed by atoms with E-state index in [-0.39, 0.29) is 12.0 Å². The molecule has 1 fully saturated rings. The summed E-state index contributed by atoms with van der Waals surface area (Å²) in [6.45, 7) is 3.32. The lowest BCUT2D eigenvalue weighted by atomic mass is 10.1. The minimum Gasteiger partial charge on any atom is -0.473 e. The normalized spacial score (nSPS) is 15.2. The Hall–Kier alpha value is -2.19. The molecule has 0 N–H and O–H groups in total. The average molecular weight is 401 g/mol. The van der Waals surface area contributed by atoms with Crippen molar-refractivity contribution in [2.45, 2.75) is 30.2 Å². The van der Waals surface area contributed by atoms with Gasteiger partial charge in [-0.3, -0.25) is 4.79 Å². The van der Waals surface area contributed by atoms with Gasteiger partial charge < -0.3 is 9.64 Å². The molecule has 1 saturated heterocycles. The van der Waals surface area contributed by atoms with Gasteiger partial charge in [0, 0.05) is 32.0 Å². The minimum atomic E-state index is 0.0861. The first kappa shape index (κ1) is 18.2. The van der Waals surface area contributed by atoms with Crippen LogP contribution in [0, 0.1) is 6.92 Å². The topological polar surface area (TPSA) is 68.2 Å². The lowest BCUT2D eigenvalue weighted by Gasteiger charge is -2.31. The molecule has 4 rings (SSSR count). The number of amides is 1. The van der Waals surface area contributed by atoms with E-state index < -0.39 is 0 Å². The Morgan fingerprint density at radius 3 is 2.78 bits per heavy atom. The van der Waals surface area contributed by atoms with E-state index in [0.717, 1.165) is 33.1 Å². The van der Waals surface area contributed by atoms with E-state index in [2.05, 4.69) is 21.2 Å². The van der Waals surface area contributed by atoms with E-state index in [1.165, 1.54) is 11.8 Å². The first-order valence-corrected chi connectivity index (χ1v) is 10.7. The SMILES string of the molecule is Cc1ccc(OC2CCN(C(=O)CSc3nc4ccccc4s3)CC2)nn1. The summed E-state index contributed by atoms with van der Waals surface area (Å²) in [5.74, 6) is 1.14.